The second kappa shape index (κ2) is 5.70. The van der Waals surface area contributed by atoms with Gasteiger partial charge in [-0.3, -0.25) is 0 Å². The molecule has 0 radical (unpaired) electrons. The smallest absolute Gasteiger partial charge is 0.339 e. The van der Waals surface area contributed by atoms with E-state index in [-0.39, 0.29) is 5.56 Å². The molecule has 1 unspecified atom stereocenters. The largest absolute Gasteiger partial charge is 0.478 e. The zero-order chi connectivity index (χ0) is 12.1. The van der Waals surface area contributed by atoms with E-state index >= 15 is 0 Å². The number of hydrogen-bond donors (Lipinski definition) is 2. The molecule has 1 aromatic rings. The van der Waals surface area contributed by atoms with E-state index in [0.29, 0.717) is 24.1 Å². The number of carboxylic acid groups (broad SMARTS) is 1. The Morgan fingerprint density at radius 2 is 2.31 bits per heavy atom. The van der Waals surface area contributed by atoms with E-state index in [1.54, 1.807) is 13.0 Å². The summed E-state index contributed by atoms with van der Waals surface area (Å²) in [6.45, 7) is 6.49. The van der Waals surface area contributed by atoms with Crippen LogP contribution in [0.3, 0.4) is 0 Å². The third kappa shape index (κ3) is 3.38. The van der Waals surface area contributed by atoms with Crippen LogP contribution in [0.5, 0.6) is 0 Å². The Kier molecular flexibility index (Phi) is 4.55. The Morgan fingerprint density at radius 3 is 2.81 bits per heavy atom. The Labute approximate surface area is 95.7 Å². The quantitative estimate of drug-likeness (QED) is 0.781. The second-order valence-corrected chi connectivity index (χ2v) is 4.06. The summed E-state index contributed by atoms with van der Waals surface area (Å²) < 4.78 is 5.36. The highest BCUT2D eigenvalue weighted by Crippen LogP contribution is 2.14. The van der Waals surface area contributed by atoms with Gasteiger partial charge in [0.05, 0.1) is 6.54 Å². The monoisotopic (exact) mass is 225 g/mol. The van der Waals surface area contributed by atoms with Gasteiger partial charge < -0.3 is 14.8 Å². The van der Waals surface area contributed by atoms with E-state index in [1.807, 2.05) is 0 Å². The van der Waals surface area contributed by atoms with Crippen molar-refractivity contribution in [2.75, 3.05) is 0 Å². The van der Waals surface area contributed by atoms with E-state index < -0.39 is 5.97 Å². The molecule has 0 saturated heterocycles. The van der Waals surface area contributed by atoms with Gasteiger partial charge in [0.15, 0.2) is 0 Å². The van der Waals surface area contributed by atoms with Crippen molar-refractivity contribution >= 4 is 5.97 Å². The minimum atomic E-state index is -0.936. The van der Waals surface area contributed by atoms with Gasteiger partial charge in [0.1, 0.15) is 17.1 Å². The lowest BCUT2D eigenvalue weighted by Gasteiger charge is -2.10. The molecule has 4 heteroatoms. The summed E-state index contributed by atoms with van der Waals surface area (Å²) in [7, 11) is 0. The number of carbonyl (C=O) groups is 1. The van der Waals surface area contributed by atoms with Crippen molar-refractivity contribution in [3.8, 4) is 0 Å². The van der Waals surface area contributed by atoms with Crippen LogP contribution in [-0.4, -0.2) is 17.1 Å². The van der Waals surface area contributed by atoms with Crippen LogP contribution in [0.4, 0.5) is 0 Å². The molecule has 0 aliphatic heterocycles. The first-order valence-electron chi connectivity index (χ1n) is 5.60. The van der Waals surface area contributed by atoms with Gasteiger partial charge >= 0.3 is 5.97 Å². The number of carboxylic acids is 1. The van der Waals surface area contributed by atoms with E-state index in [1.165, 1.54) is 0 Å². The van der Waals surface area contributed by atoms with Crippen LogP contribution in [-0.2, 0) is 6.54 Å². The molecule has 1 rings (SSSR count). The number of aryl methyl sites for hydroxylation is 1. The van der Waals surface area contributed by atoms with Crippen molar-refractivity contribution in [3.05, 3.63) is 23.2 Å². The molecule has 0 saturated carbocycles. The van der Waals surface area contributed by atoms with E-state index in [4.69, 9.17) is 9.52 Å². The van der Waals surface area contributed by atoms with Gasteiger partial charge in [-0.1, -0.05) is 13.3 Å². The van der Waals surface area contributed by atoms with Gasteiger partial charge in [0.2, 0.25) is 0 Å². The van der Waals surface area contributed by atoms with Crippen molar-refractivity contribution in [2.45, 2.75) is 46.2 Å². The van der Waals surface area contributed by atoms with Crippen LogP contribution in [0.1, 0.15) is 48.6 Å². The summed E-state index contributed by atoms with van der Waals surface area (Å²) in [5.41, 5.74) is 0.250. The summed E-state index contributed by atoms with van der Waals surface area (Å²) in [5.74, 6) is 0.208. The highest BCUT2D eigenvalue weighted by Gasteiger charge is 2.13. The highest BCUT2D eigenvalue weighted by atomic mass is 16.4. The fraction of sp³-hybridized carbons (Fsp3) is 0.583. The fourth-order valence-corrected chi connectivity index (χ4v) is 1.65. The molecular formula is C12H19NO3. The van der Waals surface area contributed by atoms with Gasteiger partial charge in [0.25, 0.3) is 0 Å². The van der Waals surface area contributed by atoms with Crippen LogP contribution in [0.15, 0.2) is 10.5 Å². The van der Waals surface area contributed by atoms with Crippen LogP contribution in [0.25, 0.3) is 0 Å². The van der Waals surface area contributed by atoms with Crippen LogP contribution in [0.2, 0.25) is 0 Å². The average Bonchev–Trinajstić information content (AvgIpc) is 2.57. The number of hydrogen-bond acceptors (Lipinski definition) is 3. The van der Waals surface area contributed by atoms with Gasteiger partial charge in [-0.2, -0.15) is 0 Å². The van der Waals surface area contributed by atoms with Crippen LogP contribution >= 0.6 is 0 Å². The Hall–Kier alpha value is -1.29. The topological polar surface area (TPSA) is 62.5 Å². The summed E-state index contributed by atoms with van der Waals surface area (Å²) in [5, 5.41) is 12.2. The van der Waals surface area contributed by atoms with Crippen molar-refractivity contribution in [1.82, 2.24) is 5.32 Å². The van der Waals surface area contributed by atoms with Crippen LogP contribution < -0.4 is 5.32 Å². The number of aromatic carboxylic acids is 1. The van der Waals surface area contributed by atoms with E-state index in [9.17, 15) is 4.79 Å². The summed E-state index contributed by atoms with van der Waals surface area (Å²) in [6.07, 6.45) is 2.23. The lowest BCUT2D eigenvalue weighted by Crippen LogP contribution is -2.24. The molecule has 0 aliphatic carbocycles. The molecular weight excluding hydrogens is 206 g/mol. The van der Waals surface area contributed by atoms with E-state index in [2.05, 4.69) is 19.2 Å². The number of furan rings is 1. The first kappa shape index (κ1) is 12.8. The van der Waals surface area contributed by atoms with Crippen LogP contribution in [0, 0.1) is 6.92 Å². The maximum Gasteiger partial charge on any atom is 0.339 e. The standard InChI is InChI=1S/C12H19NO3/c1-4-5-8(2)13-7-10-6-11(12(14)15)9(3)16-10/h6,8,13H,4-5,7H2,1-3H3,(H,14,15). The van der Waals surface area contributed by atoms with Crippen molar-refractivity contribution in [2.24, 2.45) is 0 Å². The summed E-state index contributed by atoms with van der Waals surface area (Å²) in [4.78, 5) is 10.8. The second-order valence-electron chi connectivity index (χ2n) is 4.06. The maximum absolute atomic E-state index is 10.8. The summed E-state index contributed by atoms with van der Waals surface area (Å²) >= 11 is 0. The van der Waals surface area contributed by atoms with Crippen molar-refractivity contribution in [1.29, 1.82) is 0 Å². The number of nitrogens with one attached hydrogen (secondary N) is 1. The molecule has 0 fully saturated rings. The molecule has 0 amide bonds. The first-order valence-corrected chi connectivity index (χ1v) is 5.60. The minimum Gasteiger partial charge on any atom is -0.478 e. The molecule has 0 spiro atoms. The number of rotatable bonds is 6. The minimum absolute atomic E-state index is 0.250. The lowest BCUT2D eigenvalue weighted by molar-refractivity contribution is 0.0695. The lowest BCUT2D eigenvalue weighted by atomic mass is 10.2. The van der Waals surface area contributed by atoms with Gasteiger partial charge in [0, 0.05) is 6.04 Å². The maximum atomic E-state index is 10.8. The molecule has 2 N–H and O–H groups in total. The predicted octanol–water partition coefficient (Wildman–Crippen LogP) is 2.56. The normalized spacial score (nSPS) is 12.7. The van der Waals surface area contributed by atoms with Gasteiger partial charge in [-0.15, -0.1) is 0 Å². The molecule has 1 heterocycles. The Morgan fingerprint density at radius 1 is 1.62 bits per heavy atom. The molecule has 0 aromatic carbocycles. The average molecular weight is 225 g/mol. The summed E-state index contributed by atoms with van der Waals surface area (Å²) in [6, 6.07) is 2.01. The van der Waals surface area contributed by atoms with E-state index in [0.717, 1.165) is 12.8 Å². The molecule has 0 bridgehead atoms. The zero-order valence-electron chi connectivity index (χ0n) is 10.0. The molecule has 1 atom stereocenters. The first-order chi connectivity index (χ1) is 7.54. The predicted molar refractivity (Wildman–Crippen MR) is 61.6 cm³/mol. The fourth-order valence-electron chi connectivity index (χ4n) is 1.65. The molecule has 0 aliphatic rings. The third-order valence-corrected chi connectivity index (χ3v) is 2.55. The third-order valence-electron chi connectivity index (χ3n) is 2.55. The zero-order valence-corrected chi connectivity index (χ0v) is 10.0. The highest BCUT2D eigenvalue weighted by molar-refractivity contribution is 5.88. The van der Waals surface area contributed by atoms with Gasteiger partial charge in [-0.05, 0) is 26.3 Å². The Balaban J connectivity index is 2.55. The molecule has 1 aromatic heterocycles. The van der Waals surface area contributed by atoms with Gasteiger partial charge in [-0.25, -0.2) is 4.79 Å². The van der Waals surface area contributed by atoms with Crippen molar-refractivity contribution in [3.63, 3.8) is 0 Å². The molecule has 4 nitrogen and oxygen atoms in total. The Bertz CT molecular complexity index is 357. The molecule has 90 valence electrons. The molecule has 16 heavy (non-hydrogen) atoms. The van der Waals surface area contributed by atoms with Crippen molar-refractivity contribution < 1.29 is 14.3 Å². The SMILES string of the molecule is CCCC(C)NCc1cc(C(=O)O)c(C)o1.